The van der Waals surface area contributed by atoms with Crippen LogP contribution in [0.15, 0.2) is 40.9 Å². The van der Waals surface area contributed by atoms with Gasteiger partial charge in [-0.1, -0.05) is 41.9 Å². The molecule has 1 atom stereocenters. The highest BCUT2D eigenvalue weighted by molar-refractivity contribution is 9.10. The fourth-order valence-corrected chi connectivity index (χ4v) is 2.95. The molecule has 98 valence electrons. The lowest BCUT2D eigenvalue weighted by atomic mass is 9.96. The number of hydrogen-bond acceptors (Lipinski definition) is 2. The maximum absolute atomic E-state index is 6.33. The van der Waals surface area contributed by atoms with Crippen molar-refractivity contribution in [2.75, 3.05) is 0 Å². The van der Waals surface area contributed by atoms with Gasteiger partial charge in [0, 0.05) is 4.47 Å². The quantitative estimate of drug-likeness (QED) is 0.891. The van der Waals surface area contributed by atoms with Crippen LogP contribution in [0.2, 0.25) is 5.02 Å². The smallest absolute Gasteiger partial charge is 0.0725 e. The number of fused-ring (bicyclic) bond motifs is 1. The Hall–Kier alpha value is -0.870. The van der Waals surface area contributed by atoms with E-state index in [4.69, 9.17) is 22.1 Å². The van der Waals surface area contributed by atoms with Gasteiger partial charge in [0.1, 0.15) is 0 Å². The summed E-state index contributed by atoms with van der Waals surface area (Å²) in [5.74, 6) is 0. The van der Waals surface area contributed by atoms with E-state index in [1.54, 1.807) is 0 Å². The van der Waals surface area contributed by atoms with Crippen LogP contribution in [-0.2, 0) is 18.0 Å². The molecule has 2 aromatic rings. The van der Waals surface area contributed by atoms with E-state index >= 15 is 0 Å². The average molecular weight is 339 g/mol. The van der Waals surface area contributed by atoms with E-state index in [9.17, 15) is 0 Å². The van der Waals surface area contributed by atoms with Crippen molar-refractivity contribution in [1.29, 1.82) is 0 Å². The molecule has 0 bridgehead atoms. The van der Waals surface area contributed by atoms with Gasteiger partial charge in [-0.3, -0.25) is 0 Å². The molecule has 0 radical (unpaired) electrons. The van der Waals surface area contributed by atoms with Gasteiger partial charge < -0.3 is 10.5 Å². The first-order valence-electron chi connectivity index (χ1n) is 6.06. The zero-order chi connectivity index (χ0) is 13.4. The summed E-state index contributed by atoms with van der Waals surface area (Å²) in [6, 6.07) is 11.8. The molecule has 4 heteroatoms. The molecule has 19 heavy (non-hydrogen) atoms. The molecule has 0 aromatic heterocycles. The van der Waals surface area contributed by atoms with Crippen LogP contribution in [0.5, 0.6) is 0 Å². The summed E-state index contributed by atoms with van der Waals surface area (Å²) in [5, 5.41) is 0.673. The Morgan fingerprint density at radius 3 is 2.79 bits per heavy atom. The number of ether oxygens (including phenoxy) is 1. The number of rotatable bonds is 2. The fraction of sp³-hybridized carbons (Fsp3) is 0.200. The Morgan fingerprint density at radius 1 is 1.16 bits per heavy atom. The zero-order valence-corrected chi connectivity index (χ0v) is 12.5. The highest BCUT2D eigenvalue weighted by Gasteiger charge is 2.17. The van der Waals surface area contributed by atoms with Crippen LogP contribution in [0, 0.1) is 0 Å². The van der Waals surface area contributed by atoms with Gasteiger partial charge in [0.15, 0.2) is 0 Å². The largest absolute Gasteiger partial charge is 0.372 e. The Kier molecular flexibility index (Phi) is 3.63. The van der Waals surface area contributed by atoms with Gasteiger partial charge in [0.2, 0.25) is 0 Å². The second kappa shape index (κ2) is 5.25. The van der Waals surface area contributed by atoms with Crippen molar-refractivity contribution in [3.8, 4) is 0 Å². The van der Waals surface area contributed by atoms with Crippen LogP contribution in [0.1, 0.15) is 28.3 Å². The summed E-state index contributed by atoms with van der Waals surface area (Å²) in [6.45, 7) is 1.37. The van der Waals surface area contributed by atoms with Crippen LogP contribution in [-0.4, -0.2) is 0 Å². The number of benzene rings is 2. The molecular formula is C15H13BrClNO. The molecule has 0 saturated carbocycles. The Labute approximate surface area is 125 Å². The summed E-state index contributed by atoms with van der Waals surface area (Å²) in [5.41, 5.74) is 10.8. The summed E-state index contributed by atoms with van der Waals surface area (Å²) < 4.78 is 6.29. The van der Waals surface area contributed by atoms with Gasteiger partial charge in [-0.05, 0) is 44.3 Å². The molecule has 0 amide bonds. The van der Waals surface area contributed by atoms with Crippen LogP contribution in [0.25, 0.3) is 0 Å². The number of nitrogens with two attached hydrogens (primary N) is 1. The second-order valence-corrected chi connectivity index (χ2v) is 5.87. The molecule has 1 unspecified atom stereocenters. The third-order valence-corrected chi connectivity index (χ3v) is 4.73. The van der Waals surface area contributed by atoms with E-state index in [1.807, 2.05) is 18.2 Å². The predicted octanol–water partition coefficient (Wildman–Crippen LogP) is 4.18. The van der Waals surface area contributed by atoms with Gasteiger partial charge in [-0.15, -0.1) is 0 Å². The fourth-order valence-electron chi connectivity index (χ4n) is 2.33. The molecule has 0 aliphatic carbocycles. The first kappa shape index (κ1) is 13.1. The molecule has 0 spiro atoms. The highest BCUT2D eigenvalue weighted by Crippen LogP contribution is 2.33. The van der Waals surface area contributed by atoms with E-state index in [0.717, 1.165) is 15.6 Å². The summed E-state index contributed by atoms with van der Waals surface area (Å²) in [7, 11) is 0. The second-order valence-electron chi connectivity index (χ2n) is 4.64. The van der Waals surface area contributed by atoms with Crippen LogP contribution in [0.3, 0.4) is 0 Å². The lowest BCUT2D eigenvalue weighted by Gasteiger charge is -2.16. The van der Waals surface area contributed by atoms with E-state index in [2.05, 4.69) is 34.1 Å². The highest BCUT2D eigenvalue weighted by atomic mass is 79.9. The molecule has 0 fully saturated rings. The van der Waals surface area contributed by atoms with E-state index in [1.165, 1.54) is 11.1 Å². The molecule has 1 heterocycles. The van der Waals surface area contributed by atoms with E-state index in [0.29, 0.717) is 18.2 Å². The summed E-state index contributed by atoms with van der Waals surface area (Å²) in [4.78, 5) is 0. The normalized spacial score (nSPS) is 15.3. The number of hydrogen-bond donors (Lipinski definition) is 1. The zero-order valence-electron chi connectivity index (χ0n) is 10.2. The number of halogens is 2. The van der Waals surface area contributed by atoms with Crippen molar-refractivity contribution in [1.82, 2.24) is 0 Å². The van der Waals surface area contributed by atoms with Gasteiger partial charge in [0.05, 0.1) is 24.3 Å². The maximum atomic E-state index is 6.33. The Bertz CT molecular complexity index is 630. The van der Waals surface area contributed by atoms with Crippen molar-refractivity contribution in [2.24, 2.45) is 5.73 Å². The van der Waals surface area contributed by atoms with E-state index < -0.39 is 0 Å². The first-order chi connectivity index (χ1) is 9.16. The molecule has 2 aromatic carbocycles. The minimum absolute atomic E-state index is 0.226. The standard InChI is InChI=1S/C15H13BrClNO/c16-13-3-1-2-12(14(13)17)15(18)9-4-5-10-7-19-8-11(10)6-9/h1-6,15H,7-8,18H2. The Balaban J connectivity index is 2.00. The average Bonchev–Trinajstić information content (AvgIpc) is 2.88. The molecule has 3 rings (SSSR count). The SMILES string of the molecule is NC(c1ccc2c(c1)COC2)c1cccc(Br)c1Cl. The van der Waals surface area contributed by atoms with Crippen molar-refractivity contribution in [2.45, 2.75) is 19.3 Å². The van der Waals surface area contributed by atoms with E-state index in [-0.39, 0.29) is 6.04 Å². The summed E-state index contributed by atoms with van der Waals surface area (Å²) >= 11 is 9.73. The third kappa shape index (κ3) is 2.43. The molecule has 1 aliphatic rings. The van der Waals surface area contributed by atoms with Gasteiger partial charge in [0.25, 0.3) is 0 Å². The molecule has 2 N–H and O–H groups in total. The van der Waals surface area contributed by atoms with Gasteiger partial charge >= 0.3 is 0 Å². The monoisotopic (exact) mass is 337 g/mol. The first-order valence-corrected chi connectivity index (χ1v) is 7.23. The van der Waals surface area contributed by atoms with Crippen molar-refractivity contribution >= 4 is 27.5 Å². The lowest BCUT2D eigenvalue weighted by molar-refractivity contribution is 0.134. The van der Waals surface area contributed by atoms with Gasteiger partial charge in [-0.25, -0.2) is 0 Å². The molecular weight excluding hydrogens is 326 g/mol. The molecule has 0 saturated heterocycles. The van der Waals surface area contributed by atoms with Crippen molar-refractivity contribution in [3.05, 3.63) is 68.1 Å². The molecule has 1 aliphatic heterocycles. The molecule has 2 nitrogen and oxygen atoms in total. The minimum atomic E-state index is -0.226. The van der Waals surface area contributed by atoms with Crippen LogP contribution < -0.4 is 5.73 Å². The van der Waals surface area contributed by atoms with Gasteiger partial charge in [-0.2, -0.15) is 0 Å². The minimum Gasteiger partial charge on any atom is -0.372 e. The van der Waals surface area contributed by atoms with Crippen LogP contribution >= 0.6 is 27.5 Å². The summed E-state index contributed by atoms with van der Waals surface area (Å²) in [6.07, 6.45) is 0. The third-order valence-electron chi connectivity index (χ3n) is 3.42. The van der Waals surface area contributed by atoms with Crippen LogP contribution in [0.4, 0.5) is 0 Å². The topological polar surface area (TPSA) is 35.2 Å². The predicted molar refractivity (Wildman–Crippen MR) is 80.1 cm³/mol. The lowest BCUT2D eigenvalue weighted by Crippen LogP contribution is -2.13. The van der Waals surface area contributed by atoms with Crippen molar-refractivity contribution < 1.29 is 4.74 Å². The van der Waals surface area contributed by atoms with Crippen molar-refractivity contribution in [3.63, 3.8) is 0 Å². The maximum Gasteiger partial charge on any atom is 0.0725 e. The Morgan fingerprint density at radius 2 is 1.95 bits per heavy atom.